The number of sulfonamides is 1. The standard InChI is InChI=1S/C24H28N4O4S2/c1-32-21-8-10-22(11-9-21)34(30,31)26-24-25-20(18-33-24)7-12-23(29)28-15-13-27(14-16-28)17-19-5-3-2-4-6-19/h2-6,8-11,18H,7,12-17H2,1H3,(H,25,26). The van der Waals surface area contributed by atoms with Crippen LogP contribution in [-0.4, -0.2) is 62.4 Å². The fourth-order valence-corrected chi connectivity index (χ4v) is 5.79. The molecule has 4 rings (SSSR count). The van der Waals surface area contributed by atoms with Gasteiger partial charge in [0, 0.05) is 44.5 Å². The van der Waals surface area contributed by atoms with Crippen molar-refractivity contribution in [3.63, 3.8) is 0 Å². The quantitative estimate of drug-likeness (QED) is 0.485. The predicted molar refractivity (Wildman–Crippen MR) is 133 cm³/mol. The molecule has 180 valence electrons. The third-order valence-electron chi connectivity index (χ3n) is 5.71. The van der Waals surface area contributed by atoms with E-state index in [1.807, 2.05) is 23.1 Å². The molecule has 10 heteroatoms. The average molecular weight is 501 g/mol. The largest absolute Gasteiger partial charge is 0.497 e. The van der Waals surface area contributed by atoms with Gasteiger partial charge in [0.05, 0.1) is 17.7 Å². The summed E-state index contributed by atoms with van der Waals surface area (Å²) >= 11 is 1.21. The Bertz CT molecular complexity index is 1190. The maximum absolute atomic E-state index is 12.7. The summed E-state index contributed by atoms with van der Waals surface area (Å²) in [5.74, 6) is 0.686. The average Bonchev–Trinajstić information content (AvgIpc) is 3.30. The Morgan fingerprint density at radius 2 is 1.76 bits per heavy atom. The molecule has 34 heavy (non-hydrogen) atoms. The highest BCUT2D eigenvalue weighted by Gasteiger charge is 2.21. The van der Waals surface area contributed by atoms with Crippen LogP contribution in [0.2, 0.25) is 0 Å². The Labute approximate surface area is 204 Å². The molecule has 1 aliphatic rings. The van der Waals surface area contributed by atoms with Gasteiger partial charge >= 0.3 is 0 Å². The van der Waals surface area contributed by atoms with E-state index in [9.17, 15) is 13.2 Å². The summed E-state index contributed by atoms with van der Waals surface area (Å²) in [4.78, 5) is 21.4. The van der Waals surface area contributed by atoms with E-state index in [0.717, 1.165) is 32.7 Å². The minimum Gasteiger partial charge on any atom is -0.497 e. The second-order valence-corrected chi connectivity index (χ2v) is 10.6. The zero-order valence-electron chi connectivity index (χ0n) is 19.0. The van der Waals surface area contributed by atoms with Crippen molar-refractivity contribution < 1.29 is 17.9 Å². The Morgan fingerprint density at radius 3 is 2.44 bits per heavy atom. The first kappa shape index (κ1) is 24.2. The lowest BCUT2D eigenvalue weighted by molar-refractivity contribution is -0.133. The number of carbonyl (C=O) groups excluding carboxylic acids is 1. The third kappa shape index (κ3) is 6.34. The maximum Gasteiger partial charge on any atom is 0.263 e. The first-order chi connectivity index (χ1) is 16.4. The number of hydrogen-bond donors (Lipinski definition) is 1. The van der Waals surface area contributed by atoms with Gasteiger partial charge in [0.15, 0.2) is 5.13 Å². The molecular formula is C24H28N4O4S2. The van der Waals surface area contributed by atoms with Crippen molar-refractivity contribution in [3.8, 4) is 5.75 Å². The van der Waals surface area contributed by atoms with Crippen LogP contribution in [0.4, 0.5) is 5.13 Å². The van der Waals surface area contributed by atoms with Crippen LogP contribution in [-0.2, 0) is 27.8 Å². The number of aryl methyl sites for hydroxylation is 1. The number of anilines is 1. The lowest BCUT2D eigenvalue weighted by Crippen LogP contribution is -2.48. The Kier molecular flexibility index (Phi) is 7.81. The first-order valence-corrected chi connectivity index (χ1v) is 13.4. The van der Waals surface area contributed by atoms with Crippen LogP contribution < -0.4 is 9.46 Å². The van der Waals surface area contributed by atoms with Crippen LogP contribution in [0.5, 0.6) is 5.75 Å². The summed E-state index contributed by atoms with van der Waals surface area (Å²) < 4.78 is 32.7. The number of nitrogens with zero attached hydrogens (tertiary/aromatic N) is 3. The SMILES string of the molecule is COc1ccc(S(=O)(=O)Nc2nc(CCC(=O)N3CCN(Cc4ccccc4)CC3)cs2)cc1. The van der Waals surface area contributed by atoms with E-state index >= 15 is 0 Å². The van der Waals surface area contributed by atoms with E-state index in [-0.39, 0.29) is 15.9 Å². The van der Waals surface area contributed by atoms with Gasteiger partial charge in [0.1, 0.15) is 5.75 Å². The lowest BCUT2D eigenvalue weighted by atomic mass is 10.2. The highest BCUT2D eigenvalue weighted by Crippen LogP contribution is 2.22. The van der Waals surface area contributed by atoms with Gasteiger partial charge in [-0.15, -0.1) is 11.3 Å². The molecule has 1 aromatic heterocycles. The first-order valence-electron chi connectivity index (χ1n) is 11.1. The van der Waals surface area contributed by atoms with Crippen molar-refractivity contribution >= 4 is 32.4 Å². The second-order valence-electron chi connectivity index (χ2n) is 8.07. The molecule has 8 nitrogen and oxygen atoms in total. The van der Waals surface area contributed by atoms with Crippen molar-refractivity contribution in [2.45, 2.75) is 24.3 Å². The summed E-state index contributed by atoms with van der Waals surface area (Å²) in [7, 11) is -2.22. The molecule has 1 aliphatic heterocycles. The number of nitrogens with one attached hydrogen (secondary N) is 1. The number of thiazole rings is 1. The molecule has 1 amide bonds. The van der Waals surface area contributed by atoms with Gasteiger partial charge in [-0.25, -0.2) is 13.4 Å². The molecular weight excluding hydrogens is 472 g/mol. The Balaban J connectivity index is 1.24. The smallest absolute Gasteiger partial charge is 0.263 e. The summed E-state index contributed by atoms with van der Waals surface area (Å²) in [5, 5.41) is 2.07. The summed E-state index contributed by atoms with van der Waals surface area (Å²) in [6, 6.07) is 16.5. The molecule has 1 N–H and O–H groups in total. The zero-order valence-corrected chi connectivity index (χ0v) is 20.6. The van der Waals surface area contributed by atoms with E-state index in [4.69, 9.17) is 4.74 Å². The molecule has 0 spiro atoms. The van der Waals surface area contributed by atoms with Crippen LogP contribution >= 0.6 is 11.3 Å². The van der Waals surface area contributed by atoms with Gasteiger partial charge in [-0.05, 0) is 36.2 Å². The van der Waals surface area contributed by atoms with Gasteiger partial charge < -0.3 is 9.64 Å². The summed E-state index contributed by atoms with van der Waals surface area (Å²) in [6.45, 7) is 4.05. The number of benzene rings is 2. The van der Waals surface area contributed by atoms with Gasteiger partial charge in [0.25, 0.3) is 10.0 Å². The highest BCUT2D eigenvalue weighted by molar-refractivity contribution is 7.93. The van der Waals surface area contributed by atoms with Crippen molar-refractivity contribution in [3.05, 3.63) is 71.2 Å². The number of hydrogen-bond acceptors (Lipinski definition) is 7. The van der Waals surface area contributed by atoms with Crippen LogP contribution in [0.3, 0.4) is 0 Å². The number of rotatable bonds is 9. The minimum atomic E-state index is -3.74. The van der Waals surface area contributed by atoms with Crippen LogP contribution in [0.1, 0.15) is 17.7 Å². The fourth-order valence-electron chi connectivity index (χ4n) is 3.79. The van der Waals surface area contributed by atoms with Gasteiger partial charge in [-0.2, -0.15) is 0 Å². The molecule has 0 radical (unpaired) electrons. The molecule has 1 saturated heterocycles. The van der Waals surface area contributed by atoms with Gasteiger partial charge in [-0.3, -0.25) is 14.4 Å². The zero-order chi connectivity index (χ0) is 24.0. The number of aromatic nitrogens is 1. The molecule has 0 bridgehead atoms. The molecule has 0 saturated carbocycles. The lowest BCUT2D eigenvalue weighted by Gasteiger charge is -2.34. The third-order valence-corrected chi connectivity index (χ3v) is 8.00. The number of piperazine rings is 1. The molecule has 3 aromatic rings. The fraction of sp³-hybridized carbons (Fsp3) is 0.333. The predicted octanol–water partition coefficient (Wildman–Crippen LogP) is 3.23. The van der Waals surface area contributed by atoms with Crippen LogP contribution in [0, 0.1) is 0 Å². The Morgan fingerprint density at radius 1 is 1.06 bits per heavy atom. The van der Waals surface area contributed by atoms with Crippen molar-refractivity contribution in [1.29, 1.82) is 0 Å². The second kappa shape index (κ2) is 11.0. The normalized spacial score (nSPS) is 14.7. The monoisotopic (exact) mass is 500 g/mol. The van der Waals surface area contributed by atoms with E-state index in [0.29, 0.717) is 24.3 Å². The summed E-state index contributed by atoms with van der Waals surface area (Å²) in [5.41, 5.74) is 1.98. The molecule has 2 aromatic carbocycles. The summed E-state index contributed by atoms with van der Waals surface area (Å²) in [6.07, 6.45) is 0.830. The van der Waals surface area contributed by atoms with Crippen molar-refractivity contribution in [2.75, 3.05) is 38.0 Å². The number of methoxy groups -OCH3 is 1. The molecule has 2 heterocycles. The molecule has 0 unspecified atom stereocenters. The molecule has 0 atom stereocenters. The minimum absolute atomic E-state index is 0.104. The van der Waals surface area contributed by atoms with E-state index in [1.54, 1.807) is 17.5 Å². The maximum atomic E-state index is 12.7. The van der Waals surface area contributed by atoms with Gasteiger partial charge in [0.2, 0.25) is 5.91 Å². The van der Waals surface area contributed by atoms with Crippen molar-refractivity contribution in [2.24, 2.45) is 0 Å². The Hall–Kier alpha value is -2.95. The molecule has 0 aliphatic carbocycles. The molecule has 1 fully saturated rings. The van der Waals surface area contributed by atoms with Crippen molar-refractivity contribution in [1.82, 2.24) is 14.8 Å². The van der Waals surface area contributed by atoms with Crippen LogP contribution in [0.25, 0.3) is 0 Å². The van der Waals surface area contributed by atoms with E-state index < -0.39 is 10.0 Å². The van der Waals surface area contributed by atoms with E-state index in [1.165, 1.54) is 36.1 Å². The number of amides is 1. The van der Waals surface area contributed by atoms with E-state index in [2.05, 4.69) is 26.7 Å². The number of carbonyl (C=O) groups is 1. The van der Waals surface area contributed by atoms with Gasteiger partial charge in [-0.1, -0.05) is 30.3 Å². The topological polar surface area (TPSA) is 91.8 Å². The van der Waals surface area contributed by atoms with Crippen LogP contribution in [0.15, 0.2) is 64.9 Å². The number of ether oxygens (including phenoxy) is 1. The highest BCUT2D eigenvalue weighted by atomic mass is 32.2.